The van der Waals surface area contributed by atoms with Gasteiger partial charge in [0.1, 0.15) is 5.70 Å². The van der Waals surface area contributed by atoms with Gasteiger partial charge in [-0.05, 0) is 48.1 Å². The van der Waals surface area contributed by atoms with E-state index in [1.54, 1.807) is 0 Å². The van der Waals surface area contributed by atoms with Crippen molar-refractivity contribution in [1.82, 2.24) is 4.90 Å². The van der Waals surface area contributed by atoms with Crippen molar-refractivity contribution in [3.8, 4) is 0 Å². The van der Waals surface area contributed by atoms with Gasteiger partial charge in [-0.3, -0.25) is 9.59 Å². The van der Waals surface area contributed by atoms with Gasteiger partial charge in [0.15, 0.2) is 0 Å². The number of carbonyl (C=O) groups is 2. The lowest BCUT2D eigenvalue weighted by Crippen LogP contribution is -2.42. The van der Waals surface area contributed by atoms with Gasteiger partial charge in [0, 0.05) is 32.9 Å². The Morgan fingerprint density at radius 1 is 0.833 bits per heavy atom. The minimum Gasteiger partial charge on any atom is -0.378 e. The summed E-state index contributed by atoms with van der Waals surface area (Å²) in [6, 6.07) is 17.1. The van der Waals surface area contributed by atoms with Crippen LogP contribution < -0.4 is 9.80 Å². The maximum Gasteiger partial charge on any atom is 0.282 e. The molecule has 1 fully saturated rings. The first-order chi connectivity index (χ1) is 14.4. The molecule has 2 aromatic carbocycles. The molecule has 0 bridgehead atoms. The zero-order chi connectivity index (χ0) is 21.4. The zero-order valence-electron chi connectivity index (χ0n) is 18.1. The average Bonchev–Trinajstić information content (AvgIpc) is 2.98. The second-order valence-corrected chi connectivity index (χ2v) is 8.80. The molecule has 0 saturated carbocycles. The predicted molar refractivity (Wildman–Crippen MR) is 121 cm³/mol. The number of piperidine rings is 1. The van der Waals surface area contributed by atoms with Crippen LogP contribution in [0.4, 0.5) is 11.4 Å². The number of benzene rings is 2. The van der Waals surface area contributed by atoms with Crippen molar-refractivity contribution >= 4 is 28.8 Å². The van der Waals surface area contributed by atoms with E-state index in [-0.39, 0.29) is 11.8 Å². The monoisotopic (exact) mass is 403 g/mol. The molecule has 2 aliphatic rings. The number of amides is 2. The first-order valence-electron chi connectivity index (χ1n) is 10.6. The van der Waals surface area contributed by atoms with E-state index in [1.807, 2.05) is 73.6 Å². The summed E-state index contributed by atoms with van der Waals surface area (Å²) in [6.45, 7) is 6.01. The van der Waals surface area contributed by atoms with Crippen molar-refractivity contribution in [1.29, 1.82) is 0 Å². The molecule has 5 nitrogen and oxygen atoms in total. The maximum absolute atomic E-state index is 13.6. The molecule has 2 unspecified atom stereocenters. The summed E-state index contributed by atoms with van der Waals surface area (Å²) in [5.74, 6) is 0.492. The molecule has 0 aliphatic carbocycles. The van der Waals surface area contributed by atoms with Crippen molar-refractivity contribution in [3.63, 3.8) is 0 Å². The topological polar surface area (TPSA) is 43.9 Å². The van der Waals surface area contributed by atoms with Crippen LogP contribution in [0.5, 0.6) is 0 Å². The van der Waals surface area contributed by atoms with Crippen LogP contribution in [0.25, 0.3) is 5.57 Å². The molecule has 5 heteroatoms. The van der Waals surface area contributed by atoms with E-state index >= 15 is 0 Å². The number of hydrogen-bond donors (Lipinski definition) is 0. The third-order valence-electron chi connectivity index (χ3n) is 5.93. The highest BCUT2D eigenvalue weighted by atomic mass is 16.2. The van der Waals surface area contributed by atoms with Crippen LogP contribution in [-0.4, -0.2) is 43.9 Å². The molecule has 4 rings (SSSR count). The molecule has 2 atom stereocenters. The summed E-state index contributed by atoms with van der Waals surface area (Å²) in [5.41, 5.74) is 3.48. The SMILES string of the molecule is CC1CC(C)CN(C2=C(c3ccccc3)C(=O)N(c3ccc(N(C)C)cc3)C2=O)C1. The van der Waals surface area contributed by atoms with Crippen LogP contribution in [0.2, 0.25) is 0 Å². The van der Waals surface area contributed by atoms with E-state index in [0.717, 1.165) is 30.8 Å². The highest BCUT2D eigenvalue weighted by molar-refractivity contribution is 6.45. The van der Waals surface area contributed by atoms with Crippen molar-refractivity contribution in [2.45, 2.75) is 20.3 Å². The fourth-order valence-corrected chi connectivity index (χ4v) is 4.66. The number of likely N-dealkylation sites (tertiary alicyclic amines) is 1. The molecule has 1 saturated heterocycles. The number of anilines is 2. The Labute approximate surface area is 178 Å². The van der Waals surface area contributed by atoms with Gasteiger partial charge >= 0.3 is 0 Å². The first kappa shape index (κ1) is 20.2. The van der Waals surface area contributed by atoms with Gasteiger partial charge < -0.3 is 9.80 Å². The van der Waals surface area contributed by atoms with Gasteiger partial charge in [-0.15, -0.1) is 0 Å². The lowest BCUT2D eigenvalue weighted by atomic mass is 9.91. The lowest BCUT2D eigenvalue weighted by Gasteiger charge is -2.37. The van der Waals surface area contributed by atoms with E-state index in [9.17, 15) is 9.59 Å². The van der Waals surface area contributed by atoms with Crippen LogP contribution in [0, 0.1) is 11.8 Å². The van der Waals surface area contributed by atoms with Crippen LogP contribution in [-0.2, 0) is 9.59 Å². The summed E-state index contributed by atoms with van der Waals surface area (Å²) in [4.78, 5) is 32.7. The zero-order valence-corrected chi connectivity index (χ0v) is 18.1. The van der Waals surface area contributed by atoms with Gasteiger partial charge in [0.25, 0.3) is 11.8 Å². The van der Waals surface area contributed by atoms with Crippen molar-refractivity contribution in [2.24, 2.45) is 11.8 Å². The molecule has 30 heavy (non-hydrogen) atoms. The number of hydrogen-bond acceptors (Lipinski definition) is 4. The van der Waals surface area contributed by atoms with E-state index in [2.05, 4.69) is 18.7 Å². The third kappa shape index (κ3) is 3.60. The van der Waals surface area contributed by atoms with Crippen LogP contribution in [0.1, 0.15) is 25.8 Å². The van der Waals surface area contributed by atoms with Crippen LogP contribution >= 0.6 is 0 Å². The van der Waals surface area contributed by atoms with Gasteiger partial charge in [-0.25, -0.2) is 4.90 Å². The molecule has 0 spiro atoms. The smallest absolute Gasteiger partial charge is 0.282 e. The number of carbonyl (C=O) groups excluding carboxylic acids is 2. The molecular weight excluding hydrogens is 374 g/mol. The summed E-state index contributed by atoms with van der Waals surface area (Å²) in [7, 11) is 3.93. The normalized spacial score (nSPS) is 22.1. The number of imide groups is 1. The summed E-state index contributed by atoms with van der Waals surface area (Å²) < 4.78 is 0. The Hall–Kier alpha value is -3.08. The Balaban J connectivity index is 1.78. The number of nitrogens with zero attached hydrogens (tertiary/aromatic N) is 3. The minimum absolute atomic E-state index is 0.224. The second-order valence-electron chi connectivity index (χ2n) is 8.80. The fourth-order valence-electron chi connectivity index (χ4n) is 4.66. The molecule has 2 heterocycles. The Kier molecular flexibility index (Phi) is 5.37. The van der Waals surface area contributed by atoms with Crippen molar-refractivity contribution in [3.05, 3.63) is 65.9 Å². The molecule has 0 aromatic heterocycles. The summed E-state index contributed by atoms with van der Waals surface area (Å²) in [5, 5.41) is 0. The quantitative estimate of drug-likeness (QED) is 0.724. The second kappa shape index (κ2) is 7.98. The molecule has 2 amide bonds. The van der Waals surface area contributed by atoms with Gasteiger partial charge in [0.05, 0.1) is 11.3 Å². The van der Waals surface area contributed by atoms with Crippen LogP contribution in [0.15, 0.2) is 60.3 Å². The molecule has 156 valence electrons. The summed E-state index contributed by atoms with van der Waals surface area (Å²) >= 11 is 0. The van der Waals surface area contributed by atoms with E-state index < -0.39 is 0 Å². The molecular formula is C25H29N3O2. The van der Waals surface area contributed by atoms with Crippen LogP contribution in [0.3, 0.4) is 0 Å². The summed E-state index contributed by atoms with van der Waals surface area (Å²) in [6.07, 6.45) is 1.14. The van der Waals surface area contributed by atoms with E-state index in [1.165, 1.54) is 4.90 Å². The Bertz CT molecular complexity index is 969. The largest absolute Gasteiger partial charge is 0.378 e. The highest BCUT2D eigenvalue weighted by Gasteiger charge is 2.43. The Morgan fingerprint density at radius 2 is 1.43 bits per heavy atom. The van der Waals surface area contributed by atoms with Gasteiger partial charge in [-0.1, -0.05) is 44.2 Å². The average molecular weight is 404 g/mol. The highest BCUT2D eigenvalue weighted by Crippen LogP contribution is 2.37. The molecule has 0 N–H and O–H groups in total. The minimum atomic E-state index is -0.246. The van der Waals surface area contributed by atoms with Gasteiger partial charge in [-0.2, -0.15) is 0 Å². The van der Waals surface area contributed by atoms with Gasteiger partial charge in [0.2, 0.25) is 0 Å². The van der Waals surface area contributed by atoms with E-state index in [4.69, 9.17) is 0 Å². The number of rotatable bonds is 4. The van der Waals surface area contributed by atoms with Crippen molar-refractivity contribution in [2.75, 3.05) is 37.0 Å². The predicted octanol–water partition coefficient (Wildman–Crippen LogP) is 4.02. The maximum atomic E-state index is 13.6. The standard InChI is InChI=1S/C25H29N3O2/c1-17-14-18(2)16-27(15-17)23-22(19-8-6-5-7-9-19)24(29)28(25(23)30)21-12-10-20(11-13-21)26(3)4/h5-13,17-18H,14-16H2,1-4H3. The Morgan fingerprint density at radius 3 is 2.00 bits per heavy atom. The first-order valence-corrected chi connectivity index (χ1v) is 10.6. The molecule has 2 aromatic rings. The van der Waals surface area contributed by atoms with E-state index in [0.29, 0.717) is 28.8 Å². The fraction of sp³-hybridized carbons (Fsp3) is 0.360. The lowest BCUT2D eigenvalue weighted by molar-refractivity contribution is -0.120. The molecule has 0 radical (unpaired) electrons. The molecule has 2 aliphatic heterocycles. The van der Waals surface area contributed by atoms with Crippen molar-refractivity contribution < 1.29 is 9.59 Å². The third-order valence-corrected chi connectivity index (χ3v) is 5.93.